The molecule has 0 saturated heterocycles. The average molecular weight is 309 g/mol. The van der Waals surface area contributed by atoms with Crippen molar-refractivity contribution < 1.29 is 4.84 Å². The van der Waals surface area contributed by atoms with Gasteiger partial charge in [0.25, 0.3) is 0 Å². The Morgan fingerprint density at radius 2 is 0.909 bits per heavy atom. The van der Waals surface area contributed by atoms with E-state index >= 15 is 0 Å². The summed E-state index contributed by atoms with van der Waals surface area (Å²) in [7, 11) is -2.27. The molecule has 22 heavy (non-hydrogen) atoms. The summed E-state index contributed by atoms with van der Waals surface area (Å²) in [5.41, 5.74) is 0. The average Bonchev–Trinajstić information content (AvgIpc) is 2.62. The summed E-state index contributed by atoms with van der Waals surface area (Å²) in [6.07, 6.45) is 0.519. The number of hydrogen-bond acceptors (Lipinski definition) is 2. The molecule has 0 saturated carbocycles. The standard InChI is InChI=1S/C19H20NOP/c20-21-16-22(17-10-4-1-5-11-17,18-12-6-2-7-13-18)19-14-8-3-9-15-19/h1-15,22H,16,20H2. The van der Waals surface area contributed by atoms with E-state index in [2.05, 4.69) is 72.8 Å². The van der Waals surface area contributed by atoms with Gasteiger partial charge in [0.15, 0.2) is 0 Å². The van der Waals surface area contributed by atoms with Crippen molar-refractivity contribution in [1.82, 2.24) is 0 Å². The Labute approximate surface area is 131 Å². The van der Waals surface area contributed by atoms with Gasteiger partial charge in [0.1, 0.15) is 0 Å². The zero-order valence-corrected chi connectivity index (χ0v) is 13.4. The van der Waals surface area contributed by atoms with E-state index in [1.165, 1.54) is 15.9 Å². The molecule has 0 aliphatic rings. The van der Waals surface area contributed by atoms with E-state index in [-0.39, 0.29) is 0 Å². The Morgan fingerprint density at radius 3 is 1.18 bits per heavy atom. The van der Waals surface area contributed by atoms with E-state index in [1.54, 1.807) is 0 Å². The van der Waals surface area contributed by atoms with Gasteiger partial charge in [0.05, 0.1) is 0 Å². The van der Waals surface area contributed by atoms with Crippen molar-refractivity contribution in [2.75, 3.05) is 6.35 Å². The van der Waals surface area contributed by atoms with Gasteiger partial charge in [-0.05, 0) is 0 Å². The second kappa shape index (κ2) is 6.85. The molecule has 0 heterocycles. The van der Waals surface area contributed by atoms with Crippen molar-refractivity contribution in [1.29, 1.82) is 0 Å². The molecule has 0 aliphatic carbocycles. The summed E-state index contributed by atoms with van der Waals surface area (Å²) in [6.45, 7) is 0. The van der Waals surface area contributed by atoms with Gasteiger partial charge >= 0.3 is 131 Å². The van der Waals surface area contributed by atoms with Crippen molar-refractivity contribution in [3.05, 3.63) is 91.0 Å². The molecule has 2 N–H and O–H groups in total. The first-order valence-corrected chi connectivity index (χ1v) is 9.57. The molecule has 0 amide bonds. The molecule has 0 aromatic heterocycles. The zero-order valence-electron chi connectivity index (χ0n) is 12.4. The van der Waals surface area contributed by atoms with E-state index < -0.39 is 7.26 Å². The summed E-state index contributed by atoms with van der Waals surface area (Å²) < 4.78 is 0. The van der Waals surface area contributed by atoms with Crippen LogP contribution in [-0.4, -0.2) is 6.35 Å². The van der Waals surface area contributed by atoms with Crippen molar-refractivity contribution >= 4 is 23.2 Å². The third kappa shape index (κ3) is 2.69. The second-order valence-electron chi connectivity index (χ2n) is 5.31. The fourth-order valence-electron chi connectivity index (χ4n) is 3.04. The van der Waals surface area contributed by atoms with Gasteiger partial charge in [-0.15, -0.1) is 0 Å². The Bertz CT molecular complexity index is 605. The van der Waals surface area contributed by atoms with E-state index in [4.69, 9.17) is 10.7 Å². The van der Waals surface area contributed by atoms with E-state index in [1.807, 2.05) is 18.2 Å². The van der Waals surface area contributed by atoms with E-state index in [0.717, 1.165) is 0 Å². The van der Waals surface area contributed by atoms with Gasteiger partial charge < -0.3 is 0 Å². The third-order valence-electron chi connectivity index (χ3n) is 4.10. The van der Waals surface area contributed by atoms with Gasteiger partial charge in [-0.3, -0.25) is 0 Å². The van der Waals surface area contributed by atoms with Crippen LogP contribution in [0.5, 0.6) is 0 Å². The number of benzene rings is 3. The van der Waals surface area contributed by atoms with Crippen LogP contribution >= 0.6 is 7.26 Å². The predicted molar refractivity (Wildman–Crippen MR) is 96.7 cm³/mol. The summed E-state index contributed by atoms with van der Waals surface area (Å²) in [5.74, 6) is 5.56. The molecule has 0 aliphatic heterocycles. The molecule has 3 aromatic carbocycles. The maximum atomic E-state index is 5.56. The molecule has 0 unspecified atom stereocenters. The van der Waals surface area contributed by atoms with Crippen LogP contribution in [0.4, 0.5) is 0 Å². The molecule has 3 rings (SSSR count). The Morgan fingerprint density at radius 1 is 0.591 bits per heavy atom. The fraction of sp³-hybridized carbons (Fsp3) is 0.0526. The molecular weight excluding hydrogens is 289 g/mol. The maximum absolute atomic E-state index is 5.56. The molecule has 0 bridgehead atoms. The molecule has 0 fully saturated rings. The van der Waals surface area contributed by atoms with Crippen LogP contribution in [0, 0.1) is 0 Å². The molecule has 0 spiro atoms. The van der Waals surface area contributed by atoms with Crippen LogP contribution in [0.1, 0.15) is 0 Å². The zero-order chi connectivity index (χ0) is 15.3. The molecular formula is C19H20NOP. The molecule has 0 radical (unpaired) electrons. The normalized spacial score (nSPS) is 12.0. The fourth-order valence-corrected chi connectivity index (χ4v) is 7.08. The van der Waals surface area contributed by atoms with Crippen LogP contribution in [0.3, 0.4) is 0 Å². The molecule has 2 nitrogen and oxygen atoms in total. The van der Waals surface area contributed by atoms with E-state index in [0.29, 0.717) is 6.35 Å². The van der Waals surface area contributed by atoms with Gasteiger partial charge in [-0.2, -0.15) is 0 Å². The minimum absolute atomic E-state index is 0.519. The first kappa shape index (κ1) is 14.9. The first-order chi connectivity index (χ1) is 10.9. The van der Waals surface area contributed by atoms with Crippen LogP contribution in [0.15, 0.2) is 91.0 Å². The van der Waals surface area contributed by atoms with Gasteiger partial charge in [0, 0.05) is 0 Å². The van der Waals surface area contributed by atoms with Crippen molar-refractivity contribution in [2.45, 2.75) is 0 Å². The molecule has 0 atom stereocenters. The van der Waals surface area contributed by atoms with E-state index in [9.17, 15) is 0 Å². The SMILES string of the molecule is NOC[PH](c1ccccc1)(c1ccccc1)c1ccccc1. The number of hydrogen-bond donors (Lipinski definition) is 1. The topological polar surface area (TPSA) is 35.2 Å². The van der Waals surface area contributed by atoms with Gasteiger partial charge in [-0.25, -0.2) is 0 Å². The summed E-state index contributed by atoms with van der Waals surface area (Å²) in [5, 5.41) is 3.91. The van der Waals surface area contributed by atoms with Crippen LogP contribution in [0.25, 0.3) is 0 Å². The van der Waals surface area contributed by atoms with Gasteiger partial charge in [0.2, 0.25) is 0 Å². The Balaban J connectivity index is 2.29. The second-order valence-corrected chi connectivity index (χ2v) is 9.15. The summed E-state index contributed by atoms with van der Waals surface area (Å²) in [6, 6.07) is 31.7. The van der Waals surface area contributed by atoms with Crippen molar-refractivity contribution in [2.24, 2.45) is 5.90 Å². The number of nitrogens with two attached hydrogens (primary N) is 1. The summed E-state index contributed by atoms with van der Waals surface area (Å²) in [4.78, 5) is 5.23. The monoisotopic (exact) mass is 309 g/mol. The predicted octanol–water partition coefficient (Wildman–Crippen LogP) is 2.56. The Hall–Kier alpha value is -1.99. The first-order valence-electron chi connectivity index (χ1n) is 7.36. The quantitative estimate of drug-likeness (QED) is 0.581. The summed E-state index contributed by atoms with van der Waals surface area (Å²) >= 11 is 0. The Kier molecular flexibility index (Phi) is 4.65. The molecule has 3 heteroatoms. The van der Waals surface area contributed by atoms with Gasteiger partial charge in [-0.1, -0.05) is 0 Å². The van der Waals surface area contributed by atoms with Crippen LogP contribution in [-0.2, 0) is 4.84 Å². The van der Waals surface area contributed by atoms with Crippen molar-refractivity contribution in [3.63, 3.8) is 0 Å². The third-order valence-corrected chi connectivity index (χ3v) is 8.66. The minimum atomic E-state index is -2.27. The van der Waals surface area contributed by atoms with Crippen LogP contribution < -0.4 is 21.8 Å². The molecule has 112 valence electrons. The molecule has 3 aromatic rings. The van der Waals surface area contributed by atoms with Crippen LogP contribution in [0.2, 0.25) is 0 Å². The van der Waals surface area contributed by atoms with Crippen molar-refractivity contribution in [3.8, 4) is 0 Å². The number of rotatable bonds is 5.